The van der Waals surface area contributed by atoms with Crippen LogP contribution in [0, 0.1) is 5.82 Å². The topological polar surface area (TPSA) is 45.4 Å². The molecule has 1 aromatic heterocycles. The van der Waals surface area contributed by atoms with Crippen molar-refractivity contribution in [2.75, 3.05) is 31.1 Å². The largest absolute Gasteiger partial charge is 0.324 e. The van der Waals surface area contributed by atoms with E-state index in [1.807, 2.05) is 13.8 Å². The van der Waals surface area contributed by atoms with Gasteiger partial charge in [0.25, 0.3) is 0 Å². The monoisotopic (exact) mass is 338 g/mol. The summed E-state index contributed by atoms with van der Waals surface area (Å²) in [5.74, 6) is 0.718. The molecule has 23 heavy (non-hydrogen) atoms. The Balaban J connectivity index is 1.60. The van der Waals surface area contributed by atoms with E-state index in [0.29, 0.717) is 23.1 Å². The predicted molar refractivity (Wildman–Crippen MR) is 87.3 cm³/mol. The summed E-state index contributed by atoms with van der Waals surface area (Å²) in [6, 6.07) is 5.36. The van der Waals surface area contributed by atoms with E-state index in [2.05, 4.69) is 19.9 Å². The van der Waals surface area contributed by atoms with Gasteiger partial charge in [0.1, 0.15) is 5.82 Å². The van der Waals surface area contributed by atoms with Gasteiger partial charge in [-0.25, -0.2) is 4.39 Å². The van der Waals surface area contributed by atoms with Crippen molar-refractivity contribution in [1.82, 2.24) is 15.0 Å². The minimum atomic E-state index is -0.251. The number of piperazine rings is 1. The lowest BCUT2D eigenvalue weighted by atomic mass is 10.2. The van der Waals surface area contributed by atoms with Gasteiger partial charge in [-0.05, 0) is 12.1 Å². The van der Waals surface area contributed by atoms with Crippen LogP contribution in [0.25, 0.3) is 0 Å². The lowest BCUT2D eigenvalue weighted by Crippen LogP contribution is -2.46. The molecule has 1 aliphatic heterocycles. The van der Waals surface area contributed by atoms with Crippen molar-refractivity contribution in [3.05, 3.63) is 40.4 Å². The molecular formula is C16H20ClFN4O. The molecular weight excluding hydrogens is 319 g/mol. The number of nitrogens with zero attached hydrogens (tertiary/aromatic N) is 4. The Morgan fingerprint density at radius 3 is 2.61 bits per heavy atom. The Morgan fingerprint density at radius 1 is 1.26 bits per heavy atom. The third kappa shape index (κ3) is 3.64. The molecule has 1 fully saturated rings. The van der Waals surface area contributed by atoms with Crippen molar-refractivity contribution >= 4 is 17.6 Å². The first-order valence-corrected chi connectivity index (χ1v) is 8.16. The molecule has 1 saturated heterocycles. The second-order valence-electron chi connectivity index (χ2n) is 6.05. The van der Waals surface area contributed by atoms with Gasteiger partial charge in [0.2, 0.25) is 0 Å². The highest BCUT2D eigenvalue weighted by Crippen LogP contribution is 2.22. The van der Waals surface area contributed by atoms with E-state index >= 15 is 0 Å². The molecule has 2 heterocycles. The Labute approximate surface area is 140 Å². The van der Waals surface area contributed by atoms with Crippen LogP contribution >= 0.6 is 11.6 Å². The molecule has 0 unspecified atom stereocenters. The molecule has 0 saturated carbocycles. The molecule has 124 valence electrons. The van der Waals surface area contributed by atoms with E-state index in [1.54, 1.807) is 12.1 Å². The van der Waals surface area contributed by atoms with Gasteiger partial charge in [0.05, 0.1) is 0 Å². The zero-order chi connectivity index (χ0) is 16.4. The molecule has 0 aliphatic carbocycles. The van der Waals surface area contributed by atoms with Crippen LogP contribution in [-0.2, 0) is 6.54 Å². The van der Waals surface area contributed by atoms with Crippen molar-refractivity contribution < 1.29 is 8.91 Å². The van der Waals surface area contributed by atoms with Gasteiger partial charge in [-0.3, -0.25) is 4.90 Å². The normalized spacial score (nSPS) is 16.3. The van der Waals surface area contributed by atoms with Crippen molar-refractivity contribution in [1.29, 1.82) is 0 Å². The highest BCUT2D eigenvalue weighted by Gasteiger charge is 2.23. The van der Waals surface area contributed by atoms with Gasteiger partial charge in [-0.15, -0.1) is 0 Å². The molecule has 1 aromatic carbocycles. The average molecular weight is 339 g/mol. The zero-order valence-electron chi connectivity index (χ0n) is 13.3. The Morgan fingerprint density at radius 2 is 2.00 bits per heavy atom. The number of hydrogen-bond acceptors (Lipinski definition) is 5. The second kappa shape index (κ2) is 6.84. The summed E-state index contributed by atoms with van der Waals surface area (Å²) in [7, 11) is 0. The standard InChI is InChI=1S/C16H20ClFN4O/c1-11(2)15-19-16(23-20-15)22-8-6-21(7-9-22)10-12-13(17)4-3-5-14(12)18/h3-5,11H,6-10H2,1-2H3. The van der Waals surface area contributed by atoms with E-state index in [4.69, 9.17) is 16.1 Å². The summed E-state index contributed by atoms with van der Waals surface area (Å²) < 4.78 is 19.2. The second-order valence-corrected chi connectivity index (χ2v) is 6.46. The summed E-state index contributed by atoms with van der Waals surface area (Å²) >= 11 is 6.10. The van der Waals surface area contributed by atoms with E-state index in [-0.39, 0.29) is 11.7 Å². The number of rotatable bonds is 4. The first kappa shape index (κ1) is 16.2. The lowest BCUT2D eigenvalue weighted by Gasteiger charge is -2.33. The summed E-state index contributed by atoms with van der Waals surface area (Å²) in [4.78, 5) is 8.67. The van der Waals surface area contributed by atoms with Crippen LogP contribution in [0.1, 0.15) is 31.2 Å². The molecule has 0 N–H and O–H groups in total. The predicted octanol–water partition coefficient (Wildman–Crippen LogP) is 3.31. The summed E-state index contributed by atoms with van der Waals surface area (Å²) in [5, 5.41) is 4.47. The molecule has 0 atom stereocenters. The molecule has 2 aromatic rings. The maximum atomic E-state index is 13.9. The number of aromatic nitrogens is 2. The highest BCUT2D eigenvalue weighted by atomic mass is 35.5. The van der Waals surface area contributed by atoms with E-state index in [1.165, 1.54) is 6.07 Å². The first-order valence-electron chi connectivity index (χ1n) is 7.78. The first-order chi connectivity index (χ1) is 11.0. The maximum Gasteiger partial charge on any atom is 0.324 e. The minimum absolute atomic E-state index is 0.247. The van der Waals surface area contributed by atoms with Crippen molar-refractivity contribution in [2.24, 2.45) is 0 Å². The smallest absolute Gasteiger partial charge is 0.322 e. The summed E-state index contributed by atoms with van der Waals surface area (Å²) in [6.07, 6.45) is 0. The van der Waals surface area contributed by atoms with Gasteiger partial charge >= 0.3 is 6.01 Å². The van der Waals surface area contributed by atoms with E-state index in [9.17, 15) is 4.39 Å². The van der Waals surface area contributed by atoms with Crippen molar-refractivity contribution in [3.63, 3.8) is 0 Å². The van der Waals surface area contributed by atoms with Gasteiger partial charge in [-0.1, -0.05) is 36.7 Å². The van der Waals surface area contributed by atoms with Crippen LogP contribution in [-0.4, -0.2) is 41.2 Å². The van der Waals surface area contributed by atoms with Crippen LogP contribution in [0.3, 0.4) is 0 Å². The zero-order valence-corrected chi connectivity index (χ0v) is 14.1. The number of benzene rings is 1. The van der Waals surface area contributed by atoms with Crippen molar-refractivity contribution in [2.45, 2.75) is 26.3 Å². The van der Waals surface area contributed by atoms with E-state index in [0.717, 1.165) is 32.0 Å². The maximum absolute atomic E-state index is 13.9. The SMILES string of the molecule is CC(C)c1noc(N2CCN(Cc3c(F)cccc3Cl)CC2)n1. The Kier molecular flexibility index (Phi) is 4.82. The van der Waals surface area contributed by atoms with Crippen molar-refractivity contribution in [3.8, 4) is 0 Å². The van der Waals surface area contributed by atoms with Crippen LogP contribution in [0.5, 0.6) is 0 Å². The van der Waals surface area contributed by atoms with Crippen LogP contribution in [0.15, 0.2) is 22.7 Å². The Hall–Kier alpha value is -1.66. The molecule has 5 nitrogen and oxygen atoms in total. The third-order valence-electron chi connectivity index (χ3n) is 4.03. The van der Waals surface area contributed by atoms with Gasteiger partial charge < -0.3 is 9.42 Å². The van der Waals surface area contributed by atoms with Gasteiger partial charge in [0, 0.05) is 49.2 Å². The number of halogens is 2. The number of hydrogen-bond donors (Lipinski definition) is 0. The fourth-order valence-corrected chi connectivity index (χ4v) is 2.82. The highest BCUT2D eigenvalue weighted by molar-refractivity contribution is 6.31. The molecule has 7 heteroatoms. The number of anilines is 1. The quantitative estimate of drug-likeness (QED) is 0.855. The van der Waals surface area contributed by atoms with Crippen LogP contribution < -0.4 is 4.90 Å². The lowest BCUT2D eigenvalue weighted by molar-refractivity contribution is 0.239. The molecule has 0 radical (unpaired) electrons. The Bertz CT molecular complexity index is 648. The molecule has 1 aliphatic rings. The van der Waals surface area contributed by atoms with E-state index < -0.39 is 0 Å². The van der Waals surface area contributed by atoms with Gasteiger partial charge in [0.15, 0.2) is 5.82 Å². The molecule has 0 bridgehead atoms. The fraction of sp³-hybridized carbons (Fsp3) is 0.500. The molecule has 0 amide bonds. The van der Waals surface area contributed by atoms with Crippen LogP contribution in [0.4, 0.5) is 10.4 Å². The minimum Gasteiger partial charge on any atom is -0.322 e. The summed E-state index contributed by atoms with van der Waals surface area (Å²) in [5.41, 5.74) is 0.558. The van der Waals surface area contributed by atoms with Crippen LogP contribution in [0.2, 0.25) is 5.02 Å². The third-order valence-corrected chi connectivity index (χ3v) is 4.39. The summed E-state index contributed by atoms with van der Waals surface area (Å²) in [6.45, 7) is 7.71. The fourth-order valence-electron chi connectivity index (χ4n) is 2.59. The van der Waals surface area contributed by atoms with Gasteiger partial charge in [-0.2, -0.15) is 4.98 Å². The average Bonchev–Trinajstić information content (AvgIpc) is 3.02. The molecule has 3 rings (SSSR count). The molecule has 0 spiro atoms.